The minimum Gasteiger partial charge on any atom is -0.454 e. The molecule has 0 aliphatic carbocycles. The number of halogens is 4. The van der Waals surface area contributed by atoms with E-state index < -0.39 is 24.2 Å². The van der Waals surface area contributed by atoms with Gasteiger partial charge in [0.25, 0.3) is 5.91 Å². The summed E-state index contributed by atoms with van der Waals surface area (Å²) in [7, 11) is 0. The predicted molar refractivity (Wildman–Crippen MR) is 108 cm³/mol. The Hall–Kier alpha value is -3.47. The highest BCUT2D eigenvalue weighted by molar-refractivity contribution is 6.32. The van der Waals surface area contributed by atoms with E-state index in [1.807, 2.05) is 0 Å². The first-order chi connectivity index (χ1) is 15.3. The van der Waals surface area contributed by atoms with Crippen LogP contribution in [-0.4, -0.2) is 33.6 Å². The third-order valence-corrected chi connectivity index (χ3v) is 5.53. The van der Waals surface area contributed by atoms with Crippen molar-refractivity contribution in [1.82, 2.24) is 14.8 Å². The highest BCUT2D eigenvalue weighted by Gasteiger charge is 2.47. The van der Waals surface area contributed by atoms with Crippen LogP contribution in [0.3, 0.4) is 0 Å². The van der Waals surface area contributed by atoms with Gasteiger partial charge in [-0.2, -0.15) is 18.3 Å². The molecular formula is C20H15ClF3N5O3. The van der Waals surface area contributed by atoms with Crippen LogP contribution >= 0.6 is 11.6 Å². The number of pyridine rings is 1. The van der Waals surface area contributed by atoms with Gasteiger partial charge >= 0.3 is 6.18 Å². The number of nitrogens with zero attached hydrogens (tertiary/aromatic N) is 3. The van der Waals surface area contributed by atoms with Crippen LogP contribution in [0.2, 0.25) is 5.15 Å². The average Bonchev–Trinajstić information content (AvgIpc) is 3.40. The predicted octanol–water partition coefficient (Wildman–Crippen LogP) is 4.57. The molecule has 1 aromatic carbocycles. The van der Waals surface area contributed by atoms with Crippen LogP contribution in [0.15, 0.2) is 42.6 Å². The van der Waals surface area contributed by atoms with Crippen LogP contribution in [0, 0.1) is 0 Å². The van der Waals surface area contributed by atoms with Crippen LogP contribution in [0.4, 0.5) is 24.7 Å². The van der Waals surface area contributed by atoms with E-state index in [4.69, 9.17) is 21.1 Å². The zero-order chi connectivity index (χ0) is 22.5. The molecule has 2 aromatic heterocycles. The van der Waals surface area contributed by atoms with Gasteiger partial charge < -0.3 is 20.1 Å². The quantitative estimate of drug-likeness (QED) is 0.551. The number of alkyl halides is 3. The number of carbonyl (C=O) groups excluding carboxylic acids is 1. The summed E-state index contributed by atoms with van der Waals surface area (Å²) in [5, 5.41) is 9.53. The standard InChI is InChI=1S/C20H15ClF3N5O3/c21-18-11(2-1-5-25-18)27-19(30)13-8-17-26-12(7-16(20(22,23)24)29(17)28-13)10-3-4-14-15(6-10)32-9-31-14/h1-6,8,12,16,26H,7,9H2,(H,27,30)/t12-,16+/m1/s1. The lowest BCUT2D eigenvalue weighted by atomic mass is 9.96. The van der Waals surface area contributed by atoms with E-state index in [0.717, 1.165) is 4.68 Å². The summed E-state index contributed by atoms with van der Waals surface area (Å²) in [5.41, 5.74) is 0.640. The number of benzene rings is 1. The molecule has 0 spiro atoms. The Morgan fingerprint density at radius 3 is 2.81 bits per heavy atom. The lowest BCUT2D eigenvalue weighted by Crippen LogP contribution is -2.35. The first-order valence-electron chi connectivity index (χ1n) is 9.54. The summed E-state index contributed by atoms with van der Waals surface area (Å²) >= 11 is 5.94. The van der Waals surface area contributed by atoms with Crippen LogP contribution in [0.1, 0.15) is 34.6 Å². The van der Waals surface area contributed by atoms with Gasteiger partial charge in [0.05, 0.1) is 11.7 Å². The maximum absolute atomic E-state index is 13.9. The molecule has 0 unspecified atom stereocenters. The second-order valence-corrected chi connectivity index (χ2v) is 7.62. The van der Waals surface area contributed by atoms with Crippen molar-refractivity contribution in [3.8, 4) is 11.5 Å². The van der Waals surface area contributed by atoms with E-state index in [1.165, 1.54) is 18.3 Å². The minimum atomic E-state index is -4.57. The van der Waals surface area contributed by atoms with Crippen molar-refractivity contribution in [1.29, 1.82) is 0 Å². The van der Waals surface area contributed by atoms with Crippen LogP contribution in [0.25, 0.3) is 0 Å². The number of hydrogen-bond acceptors (Lipinski definition) is 6. The number of ether oxygens (including phenoxy) is 2. The van der Waals surface area contributed by atoms with Crippen molar-refractivity contribution in [3.05, 3.63) is 59.0 Å². The molecule has 3 aromatic rings. The first kappa shape index (κ1) is 20.4. The maximum Gasteiger partial charge on any atom is 0.410 e. The van der Waals surface area contributed by atoms with Gasteiger partial charge in [0.2, 0.25) is 6.79 Å². The molecular weight excluding hydrogens is 451 g/mol. The van der Waals surface area contributed by atoms with Crippen molar-refractivity contribution >= 4 is 29.0 Å². The van der Waals surface area contributed by atoms with Gasteiger partial charge in [-0.15, -0.1) is 0 Å². The molecule has 4 heterocycles. The molecule has 2 aliphatic heterocycles. The number of rotatable bonds is 3. The molecule has 0 bridgehead atoms. The van der Waals surface area contributed by atoms with E-state index in [-0.39, 0.29) is 35.6 Å². The third kappa shape index (κ3) is 3.68. The normalized spacial score (nSPS) is 19.2. The van der Waals surface area contributed by atoms with Gasteiger partial charge in [-0.25, -0.2) is 9.67 Å². The second-order valence-electron chi connectivity index (χ2n) is 7.26. The van der Waals surface area contributed by atoms with E-state index in [0.29, 0.717) is 17.1 Å². The molecule has 8 nitrogen and oxygen atoms in total. The monoisotopic (exact) mass is 465 g/mol. The maximum atomic E-state index is 13.9. The summed E-state index contributed by atoms with van der Waals surface area (Å²) in [4.78, 5) is 16.5. The van der Waals surface area contributed by atoms with Gasteiger partial charge in [-0.3, -0.25) is 4.79 Å². The molecule has 0 saturated carbocycles. The Labute approximate surface area is 184 Å². The lowest BCUT2D eigenvalue weighted by molar-refractivity contribution is -0.173. The molecule has 2 N–H and O–H groups in total. The molecule has 0 radical (unpaired) electrons. The van der Waals surface area contributed by atoms with Crippen LogP contribution in [-0.2, 0) is 0 Å². The molecule has 12 heteroatoms. The number of aromatic nitrogens is 3. The smallest absolute Gasteiger partial charge is 0.410 e. The molecule has 0 fully saturated rings. The molecule has 2 aliphatic rings. The topological polar surface area (TPSA) is 90.3 Å². The number of carbonyl (C=O) groups is 1. The molecule has 166 valence electrons. The van der Waals surface area contributed by atoms with E-state index >= 15 is 0 Å². The Morgan fingerprint density at radius 2 is 2.03 bits per heavy atom. The number of amides is 1. The van der Waals surface area contributed by atoms with Crippen LogP contribution in [0.5, 0.6) is 11.5 Å². The second kappa shape index (κ2) is 7.59. The number of anilines is 2. The Bertz CT molecular complexity index is 1200. The number of nitrogens with one attached hydrogen (secondary N) is 2. The largest absolute Gasteiger partial charge is 0.454 e. The van der Waals surface area contributed by atoms with Gasteiger partial charge in [-0.05, 0) is 29.8 Å². The zero-order valence-electron chi connectivity index (χ0n) is 16.2. The lowest BCUT2D eigenvalue weighted by Gasteiger charge is -2.33. The summed E-state index contributed by atoms with van der Waals surface area (Å²) in [6, 6.07) is 6.76. The molecule has 1 amide bonds. The fourth-order valence-electron chi connectivity index (χ4n) is 3.70. The van der Waals surface area contributed by atoms with Crippen LogP contribution < -0.4 is 20.1 Å². The molecule has 2 atom stereocenters. The van der Waals surface area contributed by atoms with Crippen molar-refractivity contribution in [2.75, 3.05) is 17.4 Å². The van der Waals surface area contributed by atoms with Gasteiger partial charge in [-0.1, -0.05) is 17.7 Å². The van der Waals surface area contributed by atoms with E-state index in [9.17, 15) is 18.0 Å². The van der Waals surface area contributed by atoms with Crippen molar-refractivity contribution in [2.24, 2.45) is 0 Å². The summed E-state index contributed by atoms with van der Waals surface area (Å²) in [6.07, 6.45) is -3.44. The summed E-state index contributed by atoms with van der Waals surface area (Å²) in [5.74, 6) is 0.378. The Kier molecular flexibility index (Phi) is 4.85. The zero-order valence-corrected chi connectivity index (χ0v) is 16.9. The summed E-state index contributed by atoms with van der Waals surface area (Å²) < 4.78 is 53.0. The van der Waals surface area contributed by atoms with E-state index in [1.54, 1.807) is 24.3 Å². The number of hydrogen-bond donors (Lipinski definition) is 2. The third-order valence-electron chi connectivity index (χ3n) is 5.23. The van der Waals surface area contributed by atoms with Gasteiger partial charge in [0, 0.05) is 18.7 Å². The fraction of sp³-hybridized carbons (Fsp3) is 0.250. The number of fused-ring (bicyclic) bond motifs is 2. The summed E-state index contributed by atoms with van der Waals surface area (Å²) in [6.45, 7) is 0.0637. The molecule has 32 heavy (non-hydrogen) atoms. The first-order valence-corrected chi connectivity index (χ1v) is 9.91. The average molecular weight is 466 g/mol. The van der Waals surface area contributed by atoms with E-state index in [2.05, 4.69) is 20.7 Å². The molecule has 5 rings (SSSR count). The van der Waals surface area contributed by atoms with Gasteiger partial charge in [0.1, 0.15) is 5.82 Å². The molecule has 0 saturated heterocycles. The minimum absolute atomic E-state index is 0.0546. The van der Waals surface area contributed by atoms with Gasteiger partial charge in [0.15, 0.2) is 28.4 Å². The SMILES string of the molecule is O=C(Nc1cccnc1Cl)c1cc2n(n1)[C@H](C(F)(F)F)C[C@H](c1ccc3c(c1)OCO3)N2. The van der Waals surface area contributed by atoms with Crippen molar-refractivity contribution in [2.45, 2.75) is 24.7 Å². The van der Waals surface area contributed by atoms with Crippen molar-refractivity contribution < 1.29 is 27.4 Å². The van der Waals surface area contributed by atoms with Crippen molar-refractivity contribution in [3.63, 3.8) is 0 Å². The Morgan fingerprint density at radius 1 is 1.22 bits per heavy atom. The fourth-order valence-corrected chi connectivity index (χ4v) is 3.87. The highest BCUT2D eigenvalue weighted by Crippen LogP contribution is 2.45. The highest BCUT2D eigenvalue weighted by atomic mass is 35.5. The Balaban J connectivity index is 1.46.